The van der Waals surface area contributed by atoms with Gasteiger partial charge in [-0.1, -0.05) is 18.2 Å². The molecule has 2 aliphatic heterocycles. The van der Waals surface area contributed by atoms with E-state index in [2.05, 4.69) is 11.1 Å². The molecule has 0 bridgehead atoms. The van der Waals surface area contributed by atoms with Gasteiger partial charge in [0, 0.05) is 19.3 Å². The lowest BCUT2D eigenvalue weighted by Crippen LogP contribution is -2.30. The zero-order chi connectivity index (χ0) is 14.4. The predicted molar refractivity (Wildman–Crippen MR) is 81.1 cm³/mol. The maximum Gasteiger partial charge on any atom is 0.188 e. The number of nitrogens with zero attached hydrogens (tertiary/aromatic N) is 1. The Hall–Kier alpha value is -1.29. The van der Waals surface area contributed by atoms with Gasteiger partial charge in [-0.3, -0.25) is 0 Å². The topological polar surface area (TPSA) is 37.4 Å². The largest absolute Gasteiger partial charge is 0.377 e. The molecule has 3 nitrogen and oxygen atoms in total. The van der Waals surface area contributed by atoms with E-state index >= 15 is 0 Å². The van der Waals surface area contributed by atoms with Crippen LogP contribution in [-0.2, 0) is 9.84 Å². The molecule has 0 aliphatic carbocycles. The van der Waals surface area contributed by atoms with Gasteiger partial charge in [-0.25, -0.2) is 8.42 Å². The van der Waals surface area contributed by atoms with Crippen LogP contribution in [-0.4, -0.2) is 31.2 Å². The Balaban J connectivity index is 2.12. The van der Waals surface area contributed by atoms with Crippen molar-refractivity contribution >= 4 is 15.4 Å². The van der Waals surface area contributed by atoms with Crippen molar-refractivity contribution in [2.75, 3.05) is 13.1 Å². The van der Waals surface area contributed by atoms with Crippen LogP contribution in [0, 0.1) is 0 Å². The lowest BCUT2D eigenvalue weighted by molar-refractivity contribution is 0.309. The predicted octanol–water partition coefficient (Wildman–Crippen LogP) is 3.08. The number of rotatable bonds is 1. The third-order valence-corrected chi connectivity index (χ3v) is 6.99. The van der Waals surface area contributed by atoms with Gasteiger partial charge in [0.25, 0.3) is 0 Å². The van der Waals surface area contributed by atoms with Gasteiger partial charge in [-0.2, -0.15) is 0 Å². The summed E-state index contributed by atoms with van der Waals surface area (Å²) in [5, 5.41) is 0. The van der Waals surface area contributed by atoms with Gasteiger partial charge >= 0.3 is 0 Å². The zero-order valence-electron chi connectivity index (χ0n) is 12.1. The third-order valence-electron chi connectivity index (χ3n) is 4.49. The first-order valence-corrected chi connectivity index (χ1v) is 8.73. The van der Waals surface area contributed by atoms with Crippen LogP contribution >= 0.6 is 0 Å². The van der Waals surface area contributed by atoms with Crippen LogP contribution in [0.2, 0.25) is 0 Å². The molecule has 0 amide bonds. The summed E-state index contributed by atoms with van der Waals surface area (Å²) in [4.78, 5) is 2.76. The van der Waals surface area contributed by atoms with Crippen molar-refractivity contribution in [2.24, 2.45) is 0 Å². The maximum atomic E-state index is 12.7. The quantitative estimate of drug-likeness (QED) is 0.798. The van der Waals surface area contributed by atoms with Crippen LogP contribution in [0.4, 0.5) is 0 Å². The van der Waals surface area contributed by atoms with Gasteiger partial charge in [0.15, 0.2) is 9.84 Å². The summed E-state index contributed by atoms with van der Waals surface area (Å²) >= 11 is 0. The normalized spacial score (nSPS) is 25.7. The molecule has 0 unspecified atom stereocenters. The average Bonchev–Trinajstić information content (AvgIpc) is 2.59. The molecule has 0 radical (unpaired) electrons. The molecule has 1 aromatic rings. The van der Waals surface area contributed by atoms with Crippen molar-refractivity contribution in [3.63, 3.8) is 0 Å². The van der Waals surface area contributed by atoms with Gasteiger partial charge in [-0.15, -0.1) is 0 Å². The van der Waals surface area contributed by atoms with E-state index in [1.54, 1.807) is 12.1 Å². The summed E-state index contributed by atoms with van der Waals surface area (Å²) in [5.41, 5.74) is 1.82. The minimum Gasteiger partial charge on any atom is -0.377 e. The fraction of sp³-hybridized carbons (Fsp3) is 0.500. The molecule has 3 rings (SSSR count). The van der Waals surface area contributed by atoms with Gasteiger partial charge in [-0.05, 0) is 50.3 Å². The number of piperidine rings is 1. The molecule has 1 fully saturated rings. The van der Waals surface area contributed by atoms with Gasteiger partial charge in [0.1, 0.15) is 0 Å². The van der Waals surface area contributed by atoms with Crippen molar-refractivity contribution in [1.29, 1.82) is 0 Å². The summed E-state index contributed by atoms with van der Waals surface area (Å²) in [6, 6.07) is 7.37. The Morgan fingerprint density at radius 1 is 1.10 bits per heavy atom. The summed E-state index contributed by atoms with van der Waals surface area (Å²) in [6.45, 7) is 5.69. The highest BCUT2D eigenvalue weighted by Crippen LogP contribution is 2.47. The van der Waals surface area contributed by atoms with Gasteiger partial charge in [0.05, 0.1) is 9.64 Å². The van der Waals surface area contributed by atoms with Crippen LogP contribution in [0.1, 0.15) is 38.7 Å². The van der Waals surface area contributed by atoms with E-state index in [9.17, 15) is 8.42 Å². The van der Waals surface area contributed by atoms with Crippen LogP contribution in [0.3, 0.4) is 0 Å². The Kier molecular flexibility index (Phi) is 3.16. The Morgan fingerprint density at radius 3 is 2.45 bits per heavy atom. The molecular weight excluding hydrogens is 270 g/mol. The molecule has 0 N–H and O–H groups in total. The maximum absolute atomic E-state index is 12.7. The second kappa shape index (κ2) is 4.62. The lowest BCUT2D eigenvalue weighted by Gasteiger charge is -2.28. The monoisotopic (exact) mass is 291 g/mol. The van der Waals surface area contributed by atoms with E-state index in [1.165, 1.54) is 19.3 Å². The van der Waals surface area contributed by atoms with Crippen molar-refractivity contribution in [3.8, 4) is 0 Å². The van der Waals surface area contributed by atoms with E-state index in [-0.39, 0.29) is 0 Å². The lowest BCUT2D eigenvalue weighted by atomic mass is 9.95. The van der Waals surface area contributed by atoms with E-state index in [1.807, 2.05) is 26.0 Å². The average molecular weight is 291 g/mol. The van der Waals surface area contributed by atoms with Crippen LogP contribution in [0.5, 0.6) is 0 Å². The first kappa shape index (κ1) is 13.7. The number of benzene rings is 1. The number of hydrogen-bond acceptors (Lipinski definition) is 3. The van der Waals surface area contributed by atoms with E-state index < -0.39 is 14.6 Å². The summed E-state index contributed by atoms with van der Waals surface area (Å²) in [7, 11) is -3.28. The fourth-order valence-corrected chi connectivity index (χ4v) is 4.85. The highest BCUT2D eigenvalue weighted by Gasteiger charge is 2.48. The Morgan fingerprint density at radius 2 is 1.75 bits per heavy atom. The van der Waals surface area contributed by atoms with Crippen molar-refractivity contribution < 1.29 is 8.42 Å². The van der Waals surface area contributed by atoms with Gasteiger partial charge < -0.3 is 4.90 Å². The molecule has 0 aromatic heterocycles. The van der Waals surface area contributed by atoms with Crippen molar-refractivity contribution in [2.45, 2.75) is 42.8 Å². The number of hydrogen-bond donors (Lipinski definition) is 0. The molecule has 2 heterocycles. The SMILES string of the molecule is CC1(C)/C(=C\N2CCCCC2)c2ccccc2S1(=O)=O. The molecule has 0 saturated carbocycles. The van der Waals surface area contributed by atoms with Crippen molar-refractivity contribution in [3.05, 3.63) is 36.0 Å². The molecular formula is C16H21NO2S. The van der Waals surface area contributed by atoms with Crippen LogP contribution < -0.4 is 0 Å². The minimum atomic E-state index is -3.28. The second-order valence-electron chi connectivity index (χ2n) is 6.15. The van der Waals surface area contributed by atoms with Crippen LogP contribution in [0.25, 0.3) is 5.57 Å². The third kappa shape index (κ3) is 1.89. The molecule has 1 aromatic carbocycles. The molecule has 1 saturated heterocycles. The van der Waals surface area contributed by atoms with E-state index in [0.29, 0.717) is 4.90 Å². The Labute approximate surface area is 121 Å². The fourth-order valence-electron chi connectivity index (χ4n) is 3.12. The van der Waals surface area contributed by atoms with E-state index in [4.69, 9.17) is 0 Å². The van der Waals surface area contributed by atoms with Crippen LogP contribution in [0.15, 0.2) is 35.4 Å². The first-order valence-electron chi connectivity index (χ1n) is 7.25. The molecule has 0 atom stereocenters. The number of sulfone groups is 1. The number of fused-ring (bicyclic) bond motifs is 1. The number of likely N-dealkylation sites (tertiary alicyclic amines) is 1. The summed E-state index contributed by atoms with van der Waals surface area (Å²) in [6.07, 6.45) is 5.75. The Bertz CT molecular complexity index is 653. The summed E-state index contributed by atoms with van der Waals surface area (Å²) < 4.78 is 24.6. The highest BCUT2D eigenvalue weighted by molar-refractivity contribution is 7.93. The first-order chi connectivity index (χ1) is 9.44. The van der Waals surface area contributed by atoms with Crippen molar-refractivity contribution in [1.82, 2.24) is 4.90 Å². The standard InChI is InChI=1S/C16H21NO2S/c1-16(2)14(12-17-10-6-3-7-11-17)13-8-4-5-9-15(13)20(16,18)19/h4-5,8-9,12H,3,6-7,10-11H2,1-2H3/b14-12-. The minimum absolute atomic E-state index is 0.480. The molecule has 20 heavy (non-hydrogen) atoms. The molecule has 2 aliphatic rings. The van der Waals surface area contributed by atoms with Gasteiger partial charge in [0.2, 0.25) is 0 Å². The molecule has 0 spiro atoms. The second-order valence-corrected chi connectivity index (χ2v) is 8.62. The smallest absolute Gasteiger partial charge is 0.188 e. The van der Waals surface area contributed by atoms with E-state index in [0.717, 1.165) is 24.2 Å². The zero-order valence-corrected chi connectivity index (χ0v) is 12.9. The highest BCUT2D eigenvalue weighted by atomic mass is 32.2. The summed E-state index contributed by atoms with van der Waals surface area (Å²) in [5.74, 6) is 0. The molecule has 4 heteroatoms. The molecule has 108 valence electrons.